The van der Waals surface area contributed by atoms with Crippen LogP contribution in [0.5, 0.6) is 0 Å². The fraction of sp³-hybridized carbons (Fsp3) is 0.455. The van der Waals surface area contributed by atoms with Gasteiger partial charge >= 0.3 is 0 Å². The lowest BCUT2D eigenvalue weighted by Gasteiger charge is -2.10. The molecule has 1 atom stereocenters. The van der Waals surface area contributed by atoms with Crippen molar-refractivity contribution in [3.8, 4) is 0 Å². The van der Waals surface area contributed by atoms with Crippen LogP contribution in [0.4, 0.5) is 0 Å². The third kappa shape index (κ3) is 3.17. The Morgan fingerprint density at radius 2 is 1.92 bits per heavy atom. The molecule has 1 rings (SSSR count). The predicted molar refractivity (Wildman–Crippen MR) is 54.7 cm³/mol. The third-order valence-corrected chi connectivity index (χ3v) is 2.13. The van der Waals surface area contributed by atoms with Crippen molar-refractivity contribution in [2.45, 2.75) is 19.4 Å². The Kier molecular flexibility index (Phi) is 3.93. The van der Waals surface area contributed by atoms with Gasteiger partial charge in [-0.2, -0.15) is 0 Å². The van der Waals surface area contributed by atoms with Crippen LogP contribution in [0.2, 0.25) is 0 Å². The number of aliphatic hydroxyl groups is 1. The first kappa shape index (κ1) is 10.2. The molecule has 0 saturated heterocycles. The SMILES string of the molecule is CNCC[C@H](O)c1ccc(C)cc1. The van der Waals surface area contributed by atoms with Crippen LogP contribution in [0.1, 0.15) is 23.7 Å². The van der Waals surface area contributed by atoms with Crippen molar-refractivity contribution in [3.63, 3.8) is 0 Å². The molecule has 0 bridgehead atoms. The zero-order valence-electron chi connectivity index (χ0n) is 8.25. The van der Waals surface area contributed by atoms with Gasteiger partial charge in [-0.3, -0.25) is 0 Å². The van der Waals surface area contributed by atoms with E-state index in [4.69, 9.17) is 0 Å². The molecular formula is C11H17NO. The highest BCUT2D eigenvalue weighted by Gasteiger charge is 2.05. The van der Waals surface area contributed by atoms with Crippen LogP contribution in [0.3, 0.4) is 0 Å². The van der Waals surface area contributed by atoms with E-state index in [1.165, 1.54) is 5.56 Å². The van der Waals surface area contributed by atoms with E-state index in [0.29, 0.717) is 0 Å². The lowest BCUT2D eigenvalue weighted by atomic mass is 10.1. The van der Waals surface area contributed by atoms with Gasteiger partial charge in [0.1, 0.15) is 0 Å². The molecule has 0 unspecified atom stereocenters. The molecule has 0 aromatic heterocycles. The topological polar surface area (TPSA) is 32.3 Å². The van der Waals surface area contributed by atoms with Crippen molar-refractivity contribution in [2.24, 2.45) is 0 Å². The molecule has 72 valence electrons. The Balaban J connectivity index is 2.55. The molecule has 2 nitrogen and oxygen atoms in total. The average Bonchev–Trinajstić information content (AvgIpc) is 2.15. The summed E-state index contributed by atoms with van der Waals surface area (Å²) in [6.07, 6.45) is 0.424. The fourth-order valence-electron chi connectivity index (χ4n) is 1.24. The van der Waals surface area contributed by atoms with Crippen molar-refractivity contribution in [3.05, 3.63) is 35.4 Å². The monoisotopic (exact) mass is 179 g/mol. The van der Waals surface area contributed by atoms with Gasteiger partial charge in [-0.05, 0) is 32.5 Å². The van der Waals surface area contributed by atoms with E-state index in [1.807, 2.05) is 38.2 Å². The molecule has 2 heteroatoms. The van der Waals surface area contributed by atoms with Gasteiger partial charge in [0.2, 0.25) is 0 Å². The molecule has 0 aliphatic rings. The van der Waals surface area contributed by atoms with Crippen LogP contribution < -0.4 is 5.32 Å². The minimum absolute atomic E-state index is 0.340. The largest absolute Gasteiger partial charge is 0.388 e. The Bertz CT molecular complexity index is 243. The van der Waals surface area contributed by atoms with Gasteiger partial charge in [0.25, 0.3) is 0 Å². The van der Waals surface area contributed by atoms with E-state index in [1.54, 1.807) is 0 Å². The van der Waals surface area contributed by atoms with E-state index in [9.17, 15) is 5.11 Å². The highest BCUT2D eigenvalue weighted by molar-refractivity contribution is 5.22. The molecule has 0 aliphatic heterocycles. The molecule has 0 amide bonds. The first-order valence-electron chi connectivity index (χ1n) is 4.63. The minimum Gasteiger partial charge on any atom is -0.388 e. The number of aryl methyl sites for hydroxylation is 1. The maximum atomic E-state index is 9.70. The number of hydrogen-bond donors (Lipinski definition) is 2. The Morgan fingerprint density at radius 1 is 1.31 bits per heavy atom. The molecule has 0 radical (unpaired) electrons. The standard InChI is InChI=1S/C11H17NO/c1-9-3-5-10(6-4-9)11(13)7-8-12-2/h3-6,11-13H,7-8H2,1-2H3/t11-/m0/s1. The minimum atomic E-state index is -0.340. The highest BCUT2D eigenvalue weighted by Crippen LogP contribution is 2.16. The fourth-order valence-corrected chi connectivity index (χ4v) is 1.24. The van der Waals surface area contributed by atoms with E-state index in [0.717, 1.165) is 18.5 Å². The number of hydrogen-bond acceptors (Lipinski definition) is 2. The second-order valence-electron chi connectivity index (χ2n) is 3.32. The van der Waals surface area contributed by atoms with E-state index < -0.39 is 0 Å². The van der Waals surface area contributed by atoms with Crippen molar-refractivity contribution in [1.29, 1.82) is 0 Å². The Morgan fingerprint density at radius 3 is 2.46 bits per heavy atom. The second-order valence-corrected chi connectivity index (χ2v) is 3.32. The Labute approximate surface area is 79.6 Å². The molecule has 13 heavy (non-hydrogen) atoms. The summed E-state index contributed by atoms with van der Waals surface area (Å²) in [6.45, 7) is 2.89. The second kappa shape index (κ2) is 5.00. The summed E-state index contributed by atoms with van der Waals surface area (Å²) in [5.41, 5.74) is 2.23. The lowest BCUT2D eigenvalue weighted by molar-refractivity contribution is 0.167. The van der Waals surface area contributed by atoms with Gasteiger partial charge < -0.3 is 10.4 Å². The number of nitrogens with one attached hydrogen (secondary N) is 1. The summed E-state index contributed by atoms with van der Waals surface area (Å²) >= 11 is 0. The molecule has 1 aromatic rings. The molecule has 2 N–H and O–H groups in total. The summed E-state index contributed by atoms with van der Waals surface area (Å²) in [4.78, 5) is 0. The van der Waals surface area contributed by atoms with Gasteiger partial charge in [-0.15, -0.1) is 0 Å². The van der Waals surface area contributed by atoms with Crippen molar-refractivity contribution >= 4 is 0 Å². The Hall–Kier alpha value is -0.860. The zero-order valence-corrected chi connectivity index (χ0v) is 8.25. The molecule has 0 spiro atoms. The summed E-state index contributed by atoms with van der Waals surface area (Å²) in [5, 5.41) is 12.7. The van der Waals surface area contributed by atoms with Crippen molar-refractivity contribution in [2.75, 3.05) is 13.6 Å². The highest BCUT2D eigenvalue weighted by atomic mass is 16.3. The lowest BCUT2D eigenvalue weighted by Crippen LogP contribution is -2.11. The van der Waals surface area contributed by atoms with Crippen LogP contribution in [-0.2, 0) is 0 Å². The molecule has 1 aromatic carbocycles. The van der Waals surface area contributed by atoms with E-state index in [-0.39, 0.29) is 6.10 Å². The van der Waals surface area contributed by atoms with Crippen molar-refractivity contribution < 1.29 is 5.11 Å². The molecule has 0 saturated carbocycles. The van der Waals surface area contributed by atoms with E-state index >= 15 is 0 Å². The number of aliphatic hydroxyl groups excluding tert-OH is 1. The first-order valence-corrected chi connectivity index (χ1v) is 4.63. The number of benzene rings is 1. The van der Waals surface area contributed by atoms with Gasteiger partial charge in [-0.1, -0.05) is 29.8 Å². The quantitative estimate of drug-likeness (QED) is 0.736. The normalized spacial score (nSPS) is 12.8. The van der Waals surface area contributed by atoms with Gasteiger partial charge in [0.05, 0.1) is 6.10 Å². The van der Waals surface area contributed by atoms with Crippen molar-refractivity contribution in [1.82, 2.24) is 5.32 Å². The molecule has 0 heterocycles. The van der Waals surface area contributed by atoms with Crippen LogP contribution >= 0.6 is 0 Å². The zero-order chi connectivity index (χ0) is 9.68. The average molecular weight is 179 g/mol. The first-order chi connectivity index (χ1) is 6.24. The van der Waals surface area contributed by atoms with Gasteiger partial charge in [0.15, 0.2) is 0 Å². The van der Waals surface area contributed by atoms with Crippen LogP contribution in [0, 0.1) is 6.92 Å². The van der Waals surface area contributed by atoms with Crippen LogP contribution in [0.25, 0.3) is 0 Å². The smallest absolute Gasteiger partial charge is 0.0802 e. The maximum absolute atomic E-state index is 9.70. The maximum Gasteiger partial charge on any atom is 0.0802 e. The molecule has 0 aliphatic carbocycles. The summed E-state index contributed by atoms with van der Waals surface area (Å²) in [7, 11) is 1.89. The molecule has 0 fully saturated rings. The summed E-state index contributed by atoms with van der Waals surface area (Å²) in [6, 6.07) is 8.02. The summed E-state index contributed by atoms with van der Waals surface area (Å²) < 4.78 is 0. The van der Waals surface area contributed by atoms with Gasteiger partial charge in [-0.25, -0.2) is 0 Å². The van der Waals surface area contributed by atoms with E-state index in [2.05, 4.69) is 5.32 Å². The third-order valence-electron chi connectivity index (χ3n) is 2.13. The number of rotatable bonds is 4. The van der Waals surface area contributed by atoms with Crippen LogP contribution in [-0.4, -0.2) is 18.7 Å². The predicted octanol–water partition coefficient (Wildman–Crippen LogP) is 1.64. The van der Waals surface area contributed by atoms with Gasteiger partial charge in [0, 0.05) is 0 Å². The van der Waals surface area contributed by atoms with Crippen LogP contribution in [0.15, 0.2) is 24.3 Å². The summed E-state index contributed by atoms with van der Waals surface area (Å²) in [5.74, 6) is 0. The molecular weight excluding hydrogens is 162 g/mol.